The molecule has 0 bridgehead atoms. The fourth-order valence-corrected chi connectivity index (χ4v) is 4.03. The Kier molecular flexibility index (Phi) is 4.88. The van der Waals surface area contributed by atoms with Crippen LogP contribution < -0.4 is 5.73 Å². The Morgan fingerprint density at radius 2 is 1.00 bits per heavy atom. The Bertz CT molecular complexity index is 1180. The van der Waals surface area contributed by atoms with E-state index in [1.807, 2.05) is 0 Å². The molecule has 3 aromatic carbocycles. The van der Waals surface area contributed by atoms with Crippen LogP contribution in [0.2, 0.25) is 0 Å². The van der Waals surface area contributed by atoms with Gasteiger partial charge < -0.3 is 5.73 Å². The zero-order chi connectivity index (χ0) is 22.6. The molecule has 0 spiro atoms. The van der Waals surface area contributed by atoms with E-state index in [2.05, 4.69) is 107 Å². The molecule has 0 saturated heterocycles. The van der Waals surface area contributed by atoms with Crippen LogP contribution in [0.15, 0.2) is 65.7 Å². The summed E-state index contributed by atoms with van der Waals surface area (Å²) in [5, 5.41) is 8.24. The summed E-state index contributed by atoms with van der Waals surface area (Å²) in [5.41, 5.74) is 15.0. The highest BCUT2D eigenvalue weighted by Crippen LogP contribution is 2.38. The van der Waals surface area contributed by atoms with E-state index >= 15 is 0 Å². The van der Waals surface area contributed by atoms with E-state index in [4.69, 9.17) is 11.1 Å². The van der Waals surface area contributed by atoms with Crippen molar-refractivity contribution in [2.75, 3.05) is 0 Å². The minimum atomic E-state index is 0.104. The van der Waals surface area contributed by atoms with Crippen molar-refractivity contribution in [1.82, 2.24) is 0 Å². The van der Waals surface area contributed by atoms with Crippen molar-refractivity contribution in [2.24, 2.45) is 10.7 Å². The van der Waals surface area contributed by atoms with E-state index in [-0.39, 0.29) is 16.7 Å². The van der Waals surface area contributed by atoms with Crippen molar-refractivity contribution in [2.45, 2.75) is 52.4 Å². The molecule has 31 heavy (non-hydrogen) atoms. The summed E-state index contributed by atoms with van der Waals surface area (Å²) in [6, 6.07) is 21.7. The van der Waals surface area contributed by atoms with Crippen molar-refractivity contribution in [1.29, 1.82) is 5.41 Å². The van der Waals surface area contributed by atoms with Crippen LogP contribution in [0.25, 0.3) is 22.3 Å². The lowest BCUT2D eigenvalue weighted by Crippen LogP contribution is -2.11. The molecule has 0 aliphatic carbocycles. The lowest BCUT2D eigenvalue weighted by molar-refractivity contribution is 0.590. The third kappa shape index (κ3) is 3.93. The van der Waals surface area contributed by atoms with Gasteiger partial charge >= 0.3 is 0 Å². The second kappa shape index (κ2) is 7.19. The number of fused-ring (bicyclic) bond motifs is 1. The first-order valence-electron chi connectivity index (χ1n) is 10.8. The highest BCUT2D eigenvalue weighted by Gasteiger charge is 2.23. The average molecular weight is 410 g/mol. The normalized spacial score (nSPS) is 13.9. The van der Waals surface area contributed by atoms with E-state index in [1.54, 1.807) is 0 Å². The van der Waals surface area contributed by atoms with E-state index in [9.17, 15) is 0 Å². The van der Waals surface area contributed by atoms with Crippen LogP contribution in [0.1, 0.15) is 63.8 Å². The second-order valence-corrected chi connectivity index (χ2v) is 10.4. The summed E-state index contributed by atoms with van der Waals surface area (Å²) in [6.07, 6.45) is 0. The number of benzene rings is 3. The van der Waals surface area contributed by atoms with Crippen LogP contribution in [0.3, 0.4) is 0 Å². The van der Waals surface area contributed by atoms with E-state index in [1.165, 1.54) is 11.1 Å². The molecule has 0 unspecified atom stereocenters. The van der Waals surface area contributed by atoms with Crippen LogP contribution >= 0.6 is 0 Å². The van der Waals surface area contributed by atoms with Gasteiger partial charge in [0.25, 0.3) is 0 Å². The van der Waals surface area contributed by atoms with E-state index in [0.29, 0.717) is 5.84 Å². The molecule has 0 radical (unpaired) electrons. The first-order valence-corrected chi connectivity index (χ1v) is 10.8. The molecule has 1 aliphatic rings. The lowest BCUT2D eigenvalue weighted by atomic mass is 9.84. The Hall–Kier alpha value is -3.20. The van der Waals surface area contributed by atoms with Crippen molar-refractivity contribution in [3.8, 4) is 22.3 Å². The maximum atomic E-state index is 8.24. The van der Waals surface area contributed by atoms with Gasteiger partial charge in [0.05, 0.1) is 0 Å². The molecule has 3 aromatic rings. The quantitative estimate of drug-likeness (QED) is 0.488. The van der Waals surface area contributed by atoms with Crippen molar-refractivity contribution < 1.29 is 0 Å². The summed E-state index contributed by atoms with van der Waals surface area (Å²) >= 11 is 0. The zero-order valence-electron chi connectivity index (χ0n) is 19.3. The zero-order valence-corrected chi connectivity index (χ0v) is 19.3. The van der Waals surface area contributed by atoms with Gasteiger partial charge in [-0.3, -0.25) is 5.41 Å². The van der Waals surface area contributed by atoms with Gasteiger partial charge in [-0.1, -0.05) is 90.1 Å². The third-order valence-electron chi connectivity index (χ3n) is 6.04. The van der Waals surface area contributed by atoms with E-state index < -0.39 is 0 Å². The van der Waals surface area contributed by atoms with Gasteiger partial charge in [0, 0.05) is 11.1 Å². The molecule has 158 valence electrons. The van der Waals surface area contributed by atoms with Crippen molar-refractivity contribution in [3.63, 3.8) is 0 Å². The number of amidine groups is 2. The summed E-state index contributed by atoms with van der Waals surface area (Å²) in [5.74, 6) is 0.650. The maximum absolute atomic E-state index is 8.24. The van der Waals surface area contributed by atoms with Gasteiger partial charge in [0.15, 0.2) is 5.84 Å². The molecule has 3 nitrogen and oxygen atoms in total. The molecule has 0 atom stereocenters. The van der Waals surface area contributed by atoms with Crippen LogP contribution in [0.4, 0.5) is 0 Å². The Labute approximate surface area is 185 Å². The number of hydrogen-bond acceptors (Lipinski definition) is 2. The fraction of sp³-hybridized carbons (Fsp3) is 0.286. The fourth-order valence-electron chi connectivity index (χ4n) is 4.03. The largest absolute Gasteiger partial charge is 0.383 e. The summed E-state index contributed by atoms with van der Waals surface area (Å²) < 4.78 is 0. The molecule has 1 aliphatic heterocycles. The second-order valence-electron chi connectivity index (χ2n) is 10.4. The maximum Gasteiger partial charge on any atom is 0.154 e. The number of nitrogens with zero attached hydrogens (tertiary/aromatic N) is 1. The van der Waals surface area contributed by atoms with Crippen LogP contribution in [0.5, 0.6) is 0 Å². The average Bonchev–Trinajstić information content (AvgIpc) is 2.99. The molecule has 4 rings (SSSR count). The molecule has 0 amide bonds. The van der Waals surface area contributed by atoms with E-state index in [0.717, 1.165) is 33.4 Å². The smallest absolute Gasteiger partial charge is 0.154 e. The minimum Gasteiger partial charge on any atom is -0.383 e. The molecule has 0 saturated carbocycles. The molecular formula is C28H31N3. The van der Waals surface area contributed by atoms with Gasteiger partial charge in [0.2, 0.25) is 0 Å². The van der Waals surface area contributed by atoms with Crippen LogP contribution in [-0.4, -0.2) is 11.7 Å². The third-order valence-corrected chi connectivity index (χ3v) is 6.04. The summed E-state index contributed by atoms with van der Waals surface area (Å²) in [7, 11) is 0. The molecule has 0 fully saturated rings. The minimum absolute atomic E-state index is 0.104. The standard InChI is InChI=1S/C28H31N3/c1-27(2,3)19-11-7-17(8-12-19)21-15-23-24(26(30)31-25(23)29)16-22(21)18-9-13-20(14-10-18)28(4,5)6/h7-16H,1-6H3,(H3,29,30,31). The molecule has 0 aromatic heterocycles. The van der Waals surface area contributed by atoms with Crippen LogP contribution in [-0.2, 0) is 10.8 Å². The van der Waals surface area contributed by atoms with Gasteiger partial charge in [-0.15, -0.1) is 0 Å². The monoisotopic (exact) mass is 409 g/mol. The van der Waals surface area contributed by atoms with Crippen molar-refractivity contribution in [3.05, 3.63) is 82.9 Å². The number of rotatable bonds is 2. The number of aliphatic imine (C=N–C) groups is 1. The number of nitrogens with two attached hydrogens (primary N) is 1. The van der Waals surface area contributed by atoms with Crippen LogP contribution in [0, 0.1) is 5.41 Å². The molecule has 3 heteroatoms. The molecular weight excluding hydrogens is 378 g/mol. The Balaban J connectivity index is 1.89. The highest BCUT2D eigenvalue weighted by molar-refractivity contribution is 6.22. The molecule has 1 heterocycles. The van der Waals surface area contributed by atoms with Gasteiger partial charge in [0.1, 0.15) is 5.84 Å². The predicted octanol–water partition coefficient (Wildman–Crippen LogP) is 6.66. The first-order chi connectivity index (χ1) is 14.4. The van der Waals surface area contributed by atoms with Gasteiger partial charge in [-0.05, 0) is 56.3 Å². The first kappa shape index (κ1) is 21.0. The Morgan fingerprint density at radius 3 is 1.39 bits per heavy atom. The Morgan fingerprint density at radius 1 is 0.613 bits per heavy atom. The SMILES string of the molecule is CC(C)(C)c1ccc(-c2cc3c(cc2-c2ccc(C(C)(C)C)cc2)C(N)=NC3=N)cc1. The van der Waals surface area contributed by atoms with Gasteiger partial charge in [-0.25, -0.2) is 4.99 Å². The summed E-state index contributed by atoms with van der Waals surface area (Å²) in [6.45, 7) is 13.3. The van der Waals surface area contributed by atoms with Gasteiger partial charge in [-0.2, -0.15) is 0 Å². The number of nitrogens with one attached hydrogen (secondary N) is 1. The summed E-state index contributed by atoms with van der Waals surface area (Å²) in [4.78, 5) is 4.20. The number of hydrogen-bond donors (Lipinski definition) is 2. The van der Waals surface area contributed by atoms with Crippen molar-refractivity contribution >= 4 is 11.7 Å². The predicted molar refractivity (Wildman–Crippen MR) is 132 cm³/mol. The molecule has 3 N–H and O–H groups in total. The highest BCUT2D eigenvalue weighted by atomic mass is 14.9. The topological polar surface area (TPSA) is 62.2 Å². The lowest BCUT2D eigenvalue weighted by Gasteiger charge is -2.21.